The second-order valence-corrected chi connectivity index (χ2v) is 4.32. The Balaban J connectivity index is 2.06. The molecule has 3 N–H and O–H groups in total. The van der Waals surface area contributed by atoms with Crippen LogP contribution in [-0.2, 0) is 0 Å². The van der Waals surface area contributed by atoms with E-state index < -0.39 is 0 Å². The Morgan fingerprint density at radius 2 is 2.23 bits per heavy atom. The van der Waals surface area contributed by atoms with E-state index in [9.17, 15) is 5.11 Å². The highest BCUT2D eigenvalue weighted by Crippen LogP contribution is 2.08. The van der Waals surface area contributed by atoms with Gasteiger partial charge < -0.3 is 15.7 Å². The van der Waals surface area contributed by atoms with Crippen LogP contribution in [0.2, 0.25) is 0 Å². The molecular formula is C10H22N2O. The molecule has 78 valence electrons. The molecule has 0 radical (unpaired) electrons. The van der Waals surface area contributed by atoms with E-state index >= 15 is 0 Å². The number of aliphatic hydroxyl groups excluding tert-OH is 1. The van der Waals surface area contributed by atoms with Crippen LogP contribution in [0.25, 0.3) is 0 Å². The first-order chi connectivity index (χ1) is 6.20. The van der Waals surface area contributed by atoms with Gasteiger partial charge in [-0.25, -0.2) is 0 Å². The van der Waals surface area contributed by atoms with Crippen molar-refractivity contribution in [1.82, 2.24) is 10.6 Å². The predicted molar refractivity (Wildman–Crippen MR) is 54.7 cm³/mol. The minimum absolute atomic E-state index is 0.221. The fourth-order valence-corrected chi connectivity index (χ4v) is 1.70. The maximum absolute atomic E-state index is 9.74. The Labute approximate surface area is 80.9 Å². The Kier molecular flexibility index (Phi) is 4.70. The third-order valence-electron chi connectivity index (χ3n) is 2.47. The van der Waals surface area contributed by atoms with Crippen LogP contribution in [0, 0.1) is 5.92 Å². The van der Waals surface area contributed by atoms with E-state index in [1.165, 1.54) is 6.42 Å². The minimum atomic E-state index is -0.221. The highest BCUT2D eigenvalue weighted by atomic mass is 16.3. The van der Waals surface area contributed by atoms with Crippen molar-refractivity contribution in [2.75, 3.05) is 19.6 Å². The van der Waals surface area contributed by atoms with Crippen molar-refractivity contribution in [3.63, 3.8) is 0 Å². The summed E-state index contributed by atoms with van der Waals surface area (Å²) in [5.74, 6) is 0.656. The van der Waals surface area contributed by atoms with Crippen molar-refractivity contribution >= 4 is 0 Å². The van der Waals surface area contributed by atoms with Gasteiger partial charge in [-0.15, -0.1) is 0 Å². The summed E-state index contributed by atoms with van der Waals surface area (Å²) < 4.78 is 0. The van der Waals surface area contributed by atoms with E-state index in [-0.39, 0.29) is 6.10 Å². The van der Waals surface area contributed by atoms with Crippen LogP contribution in [0.4, 0.5) is 0 Å². The standard InChI is InChI=1S/C10H22N2O/c1-8(2)6-11-7-10(13)9-4-3-5-12-9/h8-13H,3-7H2,1-2H3. The third-order valence-corrected chi connectivity index (χ3v) is 2.47. The molecule has 0 aromatic heterocycles. The van der Waals surface area contributed by atoms with Gasteiger partial charge in [0, 0.05) is 12.6 Å². The highest BCUT2D eigenvalue weighted by molar-refractivity contribution is 4.82. The summed E-state index contributed by atoms with van der Waals surface area (Å²) in [6.07, 6.45) is 2.09. The second-order valence-electron chi connectivity index (χ2n) is 4.32. The average Bonchev–Trinajstić information content (AvgIpc) is 2.55. The number of hydrogen-bond donors (Lipinski definition) is 3. The van der Waals surface area contributed by atoms with Gasteiger partial charge >= 0.3 is 0 Å². The van der Waals surface area contributed by atoms with Gasteiger partial charge in [-0.1, -0.05) is 13.8 Å². The van der Waals surface area contributed by atoms with Gasteiger partial charge in [0.15, 0.2) is 0 Å². The van der Waals surface area contributed by atoms with Crippen molar-refractivity contribution in [1.29, 1.82) is 0 Å². The summed E-state index contributed by atoms with van der Waals surface area (Å²) in [4.78, 5) is 0. The van der Waals surface area contributed by atoms with Crippen LogP contribution >= 0.6 is 0 Å². The Morgan fingerprint density at radius 1 is 1.46 bits per heavy atom. The molecule has 0 bridgehead atoms. The fourth-order valence-electron chi connectivity index (χ4n) is 1.70. The molecule has 1 aliphatic rings. The topological polar surface area (TPSA) is 44.3 Å². The lowest BCUT2D eigenvalue weighted by molar-refractivity contribution is 0.133. The van der Waals surface area contributed by atoms with Gasteiger partial charge in [-0.2, -0.15) is 0 Å². The number of hydrogen-bond acceptors (Lipinski definition) is 3. The zero-order chi connectivity index (χ0) is 9.68. The van der Waals surface area contributed by atoms with E-state index in [2.05, 4.69) is 24.5 Å². The minimum Gasteiger partial charge on any atom is -0.390 e. The van der Waals surface area contributed by atoms with Gasteiger partial charge in [-0.3, -0.25) is 0 Å². The van der Waals surface area contributed by atoms with E-state index in [1.807, 2.05) is 0 Å². The molecule has 2 unspecified atom stereocenters. The summed E-state index contributed by atoms with van der Waals surface area (Å²) in [7, 11) is 0. The number of rotatable bonds is 5. The Hall–Kier alpha value is -0.120. The highest BCUT2D eigenvalue weighted by Gasteiger charge is 2.21. The molecule has 0 aliphatic carbocycles. The van der Waals surface area contributed by atoms with E-state index in [0.29, 0.717) is 12.0 Å². The van der Waals surface area contributed by atoms with Crippen LogP contribution < -0.4 is 10.6 Å². The van der Waals surface area contributed by atoms with Gasteiger partial charge in [-0.05, 0) is 31.8 Å². The summed E-state index contributed by atoms with van der Waals surface area (Å²) in [5.41, 5.74) is 0. The lowest BCUT2D eigenvalue weighted by Crippen LogP contribution is -2.42. The first-order valence-corrected chi connectivity index (χ1v) is 5.32. The molecule has 1 aliphatic heterocycles. The fraction of sp³-hybridized carbons (Fsp3) is 1.00. The quantitative estimate of drug-likeness (QED) is 0.580. The molecule has 1 saturated heterocycles. The molecule has 1 heterocycles. The molecule has 3 nitrogen and oxygen atoms in total. The zero-order valence-electron chi connectivity index (χ0n) is 8.71. The summed E-state index contributed by atoms with van der Waals surface area (Å²) in [5, 5.41) is 16.3. The molecule has 1 rings (SSSR count). The van der Waals surface area contributed by atoms with Crippen LogP contribution in [0.1, 0.15) is 26.7 Å². The first kappa shape index (κ1) is 11.0. The molecule has 0 saturated carbocycles. The first-order valence-electron chi connectivity index (χ1n) is 5.32. The lowest BCUT2D eigenvalue weighted by atomic mass is 10.1. The molecule has 0 spiro atoms. The number of nitrogens with one attached hydrogen (secondary N) is 2. The third kappa shape index (κ3) is 4.07. The normalized spacial score (nSPS) is 25.4. The van der Waals surface area contributed by atoms with Crippen molar-refractivity contribution in [2.24, 2.45) is 5.92 Å². The smallest absolute Gasteiger partial charge is 0.0817 e. The zero-order valence-corrected chi connectivity index (χ0v) is 8.71. The number of aliphatic hydroxyl groups is 1. The largest absolute Gasteiger partial charge is 0.390 e. The van der Waals surface area contributed by atoms with Gasteiger partial charge in [0.1, 0.15) is 0 Å². The summed E-state index contributed by atoms with van der Waals surface area (Å²) >= 11 is 0. The lowest BCUT2D eigenvalue weighted by Gasteiger charge is -2.19. The van der Waals surface area contributed by atoms with Crippen LogP contribution in [0.3, 0.4) is 0 Å². The van der Waals surface area contributed by atoms with Crippen molar-refractivity contribution in [2.45, 2.75) is 38.8 Å². The van der Waals surface area contributed by atoms with Gasteiger partial charge in [0.25, 0.3) is 0 Å². The van der Waals surface area contributed by atoms with E-state index in [1.54, 1.807) is 0 Å². The van der Waals surface area contributed by atoms with E-state index in [4.69, 9.17) is 0 Å². The van der Waals surface area contributed by atoms with E-state index in [0.717, 1.165) is 26.1 Å². The molecule has 3 heteroatoms. The molecule has 0 aromatic rings. The van der Waals surface area contributed by atoms with Crippen LogP contribution in [-0.4, -0.2) is 36.9 Å². The Morgan fingerprint density at radius 3 is 2.77 bits per heavy atom. The second kappa shape index (κ2) is 5.58. The van der Waals surface area contributed by atoms with Crippen LogP contribution in [0.15, 0.2) is 0 Å². The van der Waals surface area contributed by atoms with Gasteiger partial charge in [0.05, 0.1) is 6.10 Å². The Bertz CT molecular complexity index is 133. The van der Waals surface area contributed by atoms with Crippen LogP contribution in [0.5, 0.6) is 0 Å². The monoisotopic (exact) mass is 186 g/mol. The predicted octanol–water partition coefficient (Wildman–Crippen LogP) is 0.345. The summed E-state index contributed by atoms with van der Waals surface area (Å²) in [6.45, 7) is 7.12. The average molecular weight is 186 g/mol. The maximum atomic E-state index is 9.74. The molecular weight excluding hydrogens is 164 g/mol. The van der Waals surface area contributed by atoms with Crippen molar-refractivity contribution in [3.05, 3.63) is 0 Å². The molecule has 13 heavy (non-hydrogen) atoms. The molecule has 1 fully saturated rings. The van der Waals surface area contributed by atoms with Crippen molar-refractivity contribution < 1.29 is 5.11 Å². The molecule has 0 aromatic carbocycles. The van der Waals surface area contributed by atoms with Crippen molar-refractivity contribution in [3.8, 4) is 0 Å². The molecule has 2 atom stereocenters. The maximum Gasteiger partial charge on any atom is 0.0817 e. The van der Waals surface area contributed by atoms with Gasteiger partial charge in [0.2, 0.25) is 0 Å². The SMILES string of the molecule is CC(C)CNCC(O)C1CCCN1. The molecule has 0 amide bonds. The summed E-state index contributed by atoms with van der Waals surface area (Å²) in [6, 6.07) is 0.319.